The zero-order valence-corrected chi connectivity index (χ0v) is 12.3. The minimum absolute atomic E-state index is 0.896. The van der Waals surface area contributed by atoms with Crippen LogP contribution in [0, 0.1) is 0 Å². The van der Waals surface area contributed by atoms with Gasteiger partial charge in [0.05, 0.1) is 14.2 Å². The summed E-state index contributed by atoms with van der Waals surface area (Å²) in [5, 5.41) is 5.03. The van der Waals surface area contributed by atoms with Gasteiger partial charge in [-0.05, 0) is 45.8 Å². The first-order valence-electron chi connectivity index (χ1n) is 6.70. The van der Waals surface area contributed by atoms with Gasteiger partial charge in [0.1, 0.15) is 27.2 Å². The first-order valence-corrected chi connectivity index (χ1v) is 6.70. The van der Waals surface area contributed by atoms with Crippen LogP contribution in [-0.4, -0.2) is 29.9 Å². The molecule has 3 aromatic rings. The molecule has 0 heterocycles. The molecule has 3 rings (SSSR count). The molecule has 0 aliphatic carbocycles. The van der Waals surface area contributed by atoms with Gasteiger partial charge in [-0.3, -0.25) is 0 Å². The highest BCUT2D eigenvalue weighted by Gasteiger charge is 2.10. The molecule has 0 fully saturated rings. The van der Waals surface area contributed by atoms with Gasteiger partial charge in [0, 0.05) is 0 Å². The van der Waals surface area contributed by atoms with E-state index in [0.29, 0.717) is 0 Å². The van der Waals surface area contributed by atoms with Crippen LogP contribution in [-0.2, 0) is 0 Å². The molecule has 3 aromatic carbocycles. The van der Waals surface area contributed by atoms with Crippen molar-refractivity contribution in [1.82, 2.24) is 0 Å². The van der Waals surface area contributed by atoms with Crippen molar-refractivity contribution in [2.24, 2.45) is 0 Å². The summed E-state index contributed by atoms with van der Waals surface area (Å²) in [4.78, 5) is 0. The van der Waals surface area contributed by atoms with E-state index in [-0.39, 0.29) is 0 Å². The van der Waals surface area contributed by atoms with E-state index in [0.717, 1.165) is 11.5 Å². The fraction of sp³-hybridized carbons (Fsp3) is 0.125. The molecule has 98 valence electrons. The van der Waals surface area contributed by atoms with Crippen LogP contribution in [0.25, 0.3) is 21.5 Å². The Morgan fingerprint density at radius 2 is 1.05 bits per heavy atom. The van der Waals surface area contributed by atoms with E-state index in [9.17, 15) is 0 Å². The second-order valence-corrected chi connectivity index (χ2v) is 5.07. The first kappa shape index (κ1) is 12.9. The molecule has 0 radical (unpaired) electrons. The molecule has 0 aliphatic heterocycles. The maximum atomic E-state index is 5.35. The van der Waals surface area contributed by atoms with Gasteiger partial charge in [0.2, 0.25) is 0 Å². The molecule has 0 saturated heterocycles. The van der Waals surface area contributed by atoms with E-state index < -0.39 is 0 Å². The third kappa shape index (κ3) is 1.83. The van der Waals surface area contributed by atoms with E-state index in [2.05, 4.69) is 40.0 Å². The van der Waals surface area contributed by atoms with Crippen molar-refractivity contribution in [3.8, 4) is 11.5 Å². The molecule has 0 aromatic heterocycles. The number of ether oxygens (including phenoxy) is 2. The maximum absolute atomic E-state index is 5.35. The summed E-state index contributed by atoms with van der Waals surface area (Å²) in [6.07, 6.45) is 0. The average Bonchev–Trinajstić information content (AvgIpc) is 2.51. The number of hydrogen-bond donors (Lipinski definition) is 0. The van der Waals surface area contributed by atoms with Crippen molar-refractivity contribution < 1.29 is 9.47 Å². The molecular weight excluding hydrogens is 246 g/mol. The van der Waals surface area contributed by atoms with Crippen LogP contribution < -0.4 is 20.4 Å². The van der Waals surface area contributed by atoms with Crippen LogP contribution in [0.3, 0.4) is 0 Å². The Balaban J connectivity index is 2.46. The highest BCUT2D eigenvalue weighted by Crippen LogP contribution is 2.24. The molecule has 20 heavy (non-hydrogen) atoms. The average molecular weight is 262 g/mol. The molecule has 2 nitrogen and oxygen atoms in total. The molecule has 0 spiro atoms. The molecule has 0 N–H and O–H groups in total. The zero-order chi connectivity index (χ0) is 14.3. The summed E-state index contributed by atoms with van der Waals surface area (Å²) >= 11 is 0. The quantitative estimate of drug-likeness (QED) is 0.495. The van der Waals surface area contributed by atoms with Gasteiger partial charge in [-0.15, -0.1) is 0 Å². The lowest BCUT2D eigenvalue weighted by atomic mass is 9.77. The van der Waals surface area contributed by atoms with Gasteiger partial charge in [-0.1, -0.05) is 23.1 Å². The van der Waals surface area contributed by atoms with Crippen molar-refractivity contribution in [3.05, 3.63) is 36.4 Å². The molecule has 4 heteroatoms. The Labute approximate surface area is 120 Å². The third-order valence-corrected chi connectivity index (χ3v) is 4.07. The molecule has 0 atom stereocenters. The van der Waals surface area contributed by atoms with E-state index in [1.807, 2.05) is 12.1 Å². The Morgan fingerprint density at radius 3 is 1.40 bits per heavy atom. The zero-order valence-electron chi connectivity index (χ0n) is 12.3. The predicted octanol–water partition coefficient (Wildman–Crippen LogP) is 0.527. The van der Waals surface area contributed by atoms with Crippen molar-refractivity contribution in [2.45, 2.75) is 0 Å². The van der Waals surface area contributed by atoms with E-state index in [4.69, 9.17) is 9.47 Å². The van der Waals surface area contributed by atoms with Crippen LogP contribution in [0.5, 0.6) is 11.5 Å². The minimum Gasteiger partial charge on any atom is -0.497 e. The van der Waals surface area contributed by atoms with E-state index >= 15 is 0 Å². The van der Waals surface area contributed by atoms with Crippen molar-refractivity contribution in [2.75, 3.05) is 14.2 Å². The summed E-state index contributed by atoms with van der Waals surface area (Å²) < 4.78 is 10.7. The van der Waals surface area contributed by atoms with Gasteiger partial charge in [-0.25, -0.2) is 0 Å². The molecule has 0 amide bonds. The fourth-order valence-electron chi connectivity index (χ4n) is 2.87. The van der Waals surface area contributed by atoms with Gasteiger partial charge in [0.25, 0.3) is 0 Å². The van der Waals surface area contributed by atoms with Gasteiger partial charge in [-0.2, -0.15) is 0 Å². The van der Waals surface area contributed by atoms with Gasteiger partial charge < -0.3 is 9.47 Å². The summed E-state index contributed by atoms with van der Waals surface area (Å²) in [6.45, 7) is 0. The van der Waals surface area contributed by atoms with Gasteiger partial charge in [0.15, 0.2) is 0 Å². The summed E-state index contributed by atoms with van der Waals surface area (Å²) in [5.41, 5.74) is 2.56. The normalized spacial score (nSPS) is 10.9. The molecule has 0 saturated carbocycles. The lowest BCUT2D eigenvalue weighted by Crippen LogP contribution is -2.16. The SMILES string of the molecule is Bc1c2ccc(OC)cc2c(B)c2ccc(OC)cc12. The fourth-order valence-corrected chi connectivity index (χ4v) is 2.87. The second-order valence-electron chi connectivity index (χ2n) is 5.07. The van der Waals surface area contributed by atoms with Crippen LogP contribution >= 0.6 is 0 Å². The standard InChI is InChI=1S/C16H16B2O2/c1-19-9-3-5-11-13(7-9)15(17)12-6-4-10(20-2)8-14(12)16(11)18/h3-8H,17-18H2,1-2H3. The lowest BCUT2D eigenvalue weighted by molar-refractivity contribution is 0.415. The Kier molecular flexibility index (Phi) is 3.09. The van der Waals surface area contributed by atoms with Crippen LogP contribution in [0.4, 0.5) is 0 Å². The maximum Gasteiger partial charge on any atom is 0.140 e. The number of hydrogen-bond acceptors (Lipinski definition) is 2. The third-order valence-electron chi connectivity index (χ3n) is 4.07. The van der Waals surface area contributed by atoms with Crippen molar-refractivity contribution in [1.29, 1.82) is 0 Å². The molecular formula is C16H16B2O2. The van der Waals surface area contributed by atoms with Crippen LogP contribution in [0.2, 0.25) is 0 Å². The van der Waals surface area contributed by atoms with Crippen molar-refractivity contribution in [3.63, 3.8) is 0 Å². The number of benzene rings is 3. The smallest absolute Gasteiger partial charge is 0.140 e. The summed E-state index contributed by atoms with van der Waals surface area (Å²) in [5.74, 6) is 1.79. The Morgan fingerprint density at radius 1 is 0.650 bits per heavy atom. The second kappa shape index (κ2) is 4.78. The number of fused-ring (bicyclic) bond motifs is 2. The largest absolute Gasteiger partial charge is 0.497 e. The van der Waals surface area contributed by atoms with Crippen LogP contribution in [0.15, 0.2) is 36.4 Å². The monoisotopic (exact) mass is 262 g/mol. The van der Waals surface area contributed by atoms with E-state index in [1.54, 1.807) is 14.2 Å². The highest BCUT2D eigenvalue weighted by molar-refractivity contribution is 6.53. The number of rotatable bonds is 2. The topological polar surface area (TPSA) is 18.5 Å². The highest BCUT2D eigenvalue weighted by atomic mass is 16.5. The summed E-state index contributed by atoms with van der Waals surface area (Å²) in [6, 6.07) is 12.5. The predicted molar refractivity (Wildman–Crippen MR) is 90.9 cm³/mol. The van der Waals surface area contributed by atoms with Gasteiger partial charge >= 0.3 is 0 Å². The molecule has 0 unspecified atom stereocenters. The molecule has 0 aliphatic rings. The van der Waals surface area contributed by atoms with Crippen molar-refractivity contribution >= 4 is 48.2 Å². The lowest BCUT2D eigenvalue weighted by Gasteiger charge is -2.14. The van der Waals surface area contributed by atoms with Crippen LogP contribution in [0.1, 0.15) is 0 Å². The first-order chi connectivity index (χ1) is 9.65. The minimum atomic E-state index is 0.896. The Hall–Kier alpha value is -2.09. The molecule has 0 bridgehead atoms. The number of methoxy groups -OCH3 is 2. The Bertz CT molecular complexity index is 743. The summed E-state index contributed by atoms with van der Waals surface area (Å²) in [7, 11) is 7.73. The van der Waals surface area contributed by atoms with E-state index in [1.165, 1.54) is 32.5 Å².